The summed E-state index contributed by atoms with van der Waals surface area (Å²) in [5.74, 6) is 3.37. The van der Waals surface area contributed by atoms with Gasteiger partial charge in [0.1, 0.15) is 0 Å². The van der Waals surface area contributed by atoms with E-state index in [0.29, 0.717) is 34.0 Å². The minimum absolute atomic E-state index is 0.118. The monoisotopic (exact) mass is 471 g/mol. The molecule has 0 saturated heterocycles. The largest absolute Gasteiger partial charge is 0.396 e. The van der Waals surface area contributed by atoms with E-state index >= 15 is 0 Å². The molecule has 0 aliphatic heterocycles. The van der Waals surface area contributed by atoms with Gasteiger partial charge in [-0.1, -0.05) is 39.8 Å². The first-order valence-corrected chi connectivity index (χ1v) is 14.5. The van der Waals surface area contributed by atoms with E-state index in [-0.39, 0.29) is 23.5 Å². The number of rotatable bonds is 4. The quantitative estimate of drug-likeness (QED) is 0.428. The van der Waals surface area contributed by atoms with Crippen molar-refractivity contribution in [3.05, 3.63) is 12.2 Å². The number of nitrogens with one attached hydrogen (secondary N) is 1. The van der Waals surface area contributed by atoms with Gasteiger partial charge in [0.15, 0.2) is 0 Å². The second-order valence-electron chi connectivity index (χ2n) is 14.8. The molecule has 0 heterocycles. The lowest BCUT2D eigenvalue weighted by molar-refractivity contribution is -0.253. The van der Waals surface area contributed by atoms with Crippen LogP contribution >= 0.6 is 0 Å². The van der Waals surface area contributed by atoms with Crippen LogP contribution in [0.3, 0.4) is 0 Å². The molecule has 3 heteroatoms. The van der Waals surface area contributed by atoms with Gasteiger partial charge in [-0.15, -0.1) is 0 Å². The third kappa shape index (κ3) is 2.99. The Labute approximate surface area is 209 Å². The van der Waals surface area contributed by atoms with Crippen molar-refractivity contribution in [3.8, 4) is 0 Å². The first-order chi connectivity index (χ1) is 15.9. The Bertz CT molecular complexity index is 826. The van der Waals surface area contributed by atoms with Gasteiger partial charge in [-0.3, -0.25) is 0 Å². The van der Waals surface area contributed by atoms with E-state index in [1.165, 1.54) is 57.1 Å². The van der Waals surface area contributed by atoms with Crippen molar-refractivity contribution in [1.29, 1.82) is 0 Å². The second-order valence-corrected chi connectivity index (χ2v) is 14.8. The summed E-state index contributed by atoms with van der Waals surface area (Å²) < 4.78 is 0. The zero-order valence-electron chi connectivity index (χ0n) is 23.1. The highest BCUT2D eigenvalue weighted by Gasteiger charge is 2.71. The summed E-state index contributed by atoms with van der Waals surface area (Å²) in [5, 5.41) is 25.0. The van der Waals surface area contributed by atoms with Crippen LogP contribution in [0.4, 0.5) is 0 Å². The summed E-state index contributed by atoms with van der Waals surface area (Å²) in [6.07, 6.45) is 12.2. The van der Waals surface area contributed by atoms with E-state index in [1.54, 1.807) is 0 Å². The summed E-state index contributed by atoms with van der Waals surface area (Å²) >= 11 is 0. The lowest BCUT2D eigenvalue weighted by Crippen LogP contribution is -2.67. The summed E-state index contributed by atoms with van der Waals surface area (Å²) in [6, 6.07) is 0. The average Bonchev–Trinajstić information content (AvgIpc) is 3.17. The molecule has 5 saturated carbocycles. The van der Waals surface area contributed by atoms with E-state index < -0.39 is 0 Å². The predicted octanol–water partition coefficient (Wildman–Crippen LogP) is 6.20. The third-order valence-corrected chi connectivity index (χ3v) is 13.9. The fourth-order valence-electron chi connectivity index (χ4n) is 12.0. The number of hydrogen-bond acceptors (Lipinski definition) is 3. The molecule has 0 aromatic rings. The fraction of sp³-hybridized carbons (Fsp3) is 0.935. The molecule has 5 unspecified atom stereocenters. The molecule has 0 spiro atoms. The maximum Gasteiger partial charge on any atom is 0.0618 e. The minimum atomic E-state index is -0.362. The molecule has 0 aromatic heterocycles. The Kier molecular flexibility index (Phi) is 5.99. The molecule has 0 amide bonds. The van der Waals surface area contributed by atoms with Crippen LogP contribution in [0.1, 0.15) is 98.8 Å². The van der Waals surface area contributed by atoms with Crippen molar-refractivity contribution >= 4 is 0 Å². The van der Waals surface area contributed by atoms with E-state index in [9.17, 15) is 10.2 Å². The first-order valence-electron chi connectivity index (χ1n) is 14.5. The number of fused-ring (bicyclic) bond motifs is 7. The molecule has 0 aromatic carbocycles. The van der Waals surface area contributed by atoms with E-state index in [1.807, 2.05) is 0 Å². The highest BCUT2D eigenvalue weighted by Crippen LogP contribution is 2.77. The number of hydrogen-bond donors (Lipinski definition) is 3. The topological polar surface area (TPSA) is 52.5 Å². The molecule has 5 fully saturated rings. The third-order valence-electron chi connectivity index (χ3n) is 13.9. The molecular formula is C31H53NO2. The molecule has 5 rings (SSSR count). The summed E-state index contributed by atoms with van der Waals surface area (Å²) in [6.45, 7) is 18.2. The Morgan fingerprint density at radius 2 is 1.62 bits per heavy atom. The normalized spacial score (nSPS) is 56.7. The van der Waals surface area contributed by atoms with Gasteiger partial charge in [0.2, 0.25) is 0 Å². The van der Waals surface area contributed by atoms with Crippen LogP contribution in [0.2, 0.25) is 0 Å². The van der Waals surface area contributed by atoms with Gasteiger partial charge in [-0.25, -0.2) is 0 Å². The second kappa shape index (κ2) is 8.06. The molecule has 5 aliphatic carbocycles. The van der Waals surface area contributed by atoms with Crippen molar-refractivity contribution in [2.24, 2.45) is 56.7 Å². The number of allylic oxidation sites excluding steroid dienone is 1. The number of aliphatic hydroxyl groups is 2. The molecule has 3 nitrogen and oxygen atoms in total. The zero-order chi connectivity index (χ0) is 24.7. The fourth-order valence-corrected chi connectivity index (χ4v) is 12.0. The van der Waals surface area contributed by atoms with Gasteiger partial charge in [0.25, 0.3) is 0 Å². The van der Waals surface area contributed by atoms with Crippen molar-refractivity contribution < 1.29 is 10.2 Å². The summed E-state index contributed by atoms with van der Waals surface area (Å²) in [5.41, 5.74) is 2.47. The molecule has 194 valence electrons. The molecule has 5 aliphatic rings. The van der Waals surface area contributed by atoms with E-state index in [4.69, 9.17) is 0 Å². The van der Waals surface area contributed by atoms with Gasteiger partial charge < -0.3 is 15.5 Å². The van der Waals surface area contributed by atoms with Crippen LogP contribution < -0.4 is 5.32 Å². The first kappa shape index (κ1) is 25.3. The highest BCUT2D eigenvalue weighted by molar-refractivity contribution is 5.22. The molecule has 34 heavy (non-hydrogen) atoms. The maximum atomic E-state index is 11.0. The van der Waals surface area contributed by atoms with E-state index in [2.05, 4.69) is 53.6 Å². The van der Waals surface area contributed by atoms with Crippen LogP contribution in [0, 0.1) is 56.7 Å². The van der Waals surface area contributed by atoms with Gasteiger partial charge in [-0.2, -0.15) is 0 Å². The average molecular weight is 472 g/mol. The SMILES string of the molecule is C=C(C)C1CC[C@]2(CNC)CC[C@]3(C)C(CCC4[C@@]5(C)CC[C@H](O)[C@@](C)(CO)C5CC[C@]43C)C12. The smallest absolute Gasteiger partial charge is 0.0618 e. The Morgan fingerprint density at radius 3 is 2.26 bits per heavy atom. The highest BCUT2D eigenvalue weighted by atomic mass is 16.3. The molecule has 0 radical (unpaired) electrons. The van der Waals surface area contributed by atoms with Crippen molar-refractivity contribution in [2.45, 2.75) is 105 Å². The van der Waals surface area contributed by atoms with Gasteiger partial charge in [-0.05, 0) is 129 Å². The summed E-state index contributed by atoms with van der Waals surface area (Å²) in [4.78, 5) is 0. The van der Waals surface area contributed by atoms with Gasteiger partial charge in [0.05, 0.1) is 12.7 Å². The maximum absolute atomic E-state index is 11.0. The zero-order valence-corrected chi connectivity index (χ0v) is 23.1. The van der Waals surface area contributed by atoms with Gasteiger partial charge in [0, 0.05) is 12.0 Å². The summed E-state index contributed by atoms with van der Waals surface area (Å²) in [7, 11) is 2.16. The van der Waals surface area contributed by atoms with Crippen molar-refractivity contribution in [2.75, 3.05) is 20.2 Å². The molecule has 3 N–H and O–H groups in total. The Hall–Kier alpha value is -0.380. The van der Waals surface area contributed by atoms with Crippen molar-refractivity contribution in [1.82, 2.24) is 5.32 Å². The lowest BCUT2D eigenvalue weighted by Gasteiger charge is -2.73. The van der Waals surface area contributed by atoms with Crippen LogP contribution in [0.15, 0.2) is 12.2 Å². The predicted molar refractivity (Wildman–Crippen MR) is 140 cm³/mol. The Morgan fingerprint density at radius 1 is 0.882 bits per heavy atom. The molecular weight excluding hydrogens is 418 g/mol. The number of aliphatic hydroxyl groups excluding tert-OH is 2. The van der Waals surface area contributed by atoms with Gasteiger partial charge >= 0.3 is 0 Å². The van der Waals surface area contributed by atoms with Crippen LogP contribution in [0.5, 0.6) is 0 Å². The van der Waals surface area contributed by atoms with E-state index in [0.717, 1.165) is 31.1 Å². The van der Waals surface area contributed by atoms with Crippen LogP contribution in [-0.4, -0.2) is 36.5 Å². The van der Waals surface area contributed by atoms with Crippen LogP contribution in [0.25, 0.3) is 0 Å². The van der Waals surface area contributed by atoms with Crippen LogP contribution in [-0.2, 0) is 0 Å². The molecule has 11 atom stereocenters. The van der Waals surface area contributed by atoms with Crippen molar-refractivity contribution in [3.63, 3.8) is 0 Å². The minimum Gasteiger partial charge on any atom is -0.396 e. The molecule has 0 bridgehead atoms. The standard InChI is InChI=1S/C31H53NO2/c1-20(2)21-10-15-31(18-32-7)17-16-29(5)22(26(21)31)8-9-24-27(3)13-12-25(34)28(4,19-33)23(27)11-14-30(24,29)6/h21-26,32-34H,1,8-19H2,2-7H3/t21?,22?,23?,24?,25-,26?,27-,28-,29+,30+,31+/m0/s1. The Balaban J connectivity index is 1.54. The lowest BCUT2D eigenvalue weighted by atomic mass is 9.32.